The molecule has 0 spiro atoms. The Morgan fingerprint density at radius 3 is 2.47 bits per heavy atom. The van der Waals surface area contributed by atoms with Crippen LogP contribution in [0.15, 0.2) is 24.3 Å². The Hall–Kier alpha value is -1.13. The van der Waals surface area contributed by atoms with E-state index in [1.165, 1.54) is 19.2 Å². The van der Waals surface area contributed by atoms with Gasteiger partial charge in [-0.3, -0.25) is 4.79 Å². The molecule has 0 aromatic heterocycles. The third-order valence-corrected chi connectivity index (χ3v) is 1.87. The fraction of sp³-hybridized carbons (Fsp3) is 0.300. The van der Waals surface area contributed by atoms with Gasteiger partial charge in [0, 0.05) is 0 Å². The Morgan fingerprint density at radius 2 is 2.00 bits per heavy atom. The molecule has 0 amide bonds. The van der Waals surface area contributed by atoms with E-state index < -0.39 is 12.0 Å². The van der Waals surface area contributed by atoms with Gasteiger partial charge in [0.1, 0.15) is 11.9 Å². The van der Waals surface area contributed by atoms with Crippen LogP contribution in [0.3, 0.4) is 0 Å². The van der Waals surface area contributed by atoms with Crippen LogP contribution in [0, 0.1) is 5.82 Å². The maximum absolute atomic E-state index is 12.5. The average molecular weight is 234 g/mol. The minimum atomic E-state index is -0.689. The second-order valence-corrected chi connectivity index (χ2v) is 2.96. The first-order valence-electron chi connectivity index (χ1n) is 4.21. The first-order valence-corrected chi connectivity index (χ1v) is 4.21. The summed E-state index contributed by atoms with van der Waals surface area (Å²) in [7, 11) is 1.28. The second-order valence-electron chi connectivity index (χ2n) is 2.96. The smallest absolute Gasteiger partial charge is 0.322 e. The zero-order chi connectivity index (χ0) is 10.6. The average Bonchev–Trinajstić information content (AvgIpc) is 2.20. The van der Waals surface area contributed by atoms with Gasteiger partial charge in [0.25, 0.3) is 0 Å². The molecule has 0 fully saturated rings. The number of benzene rings is 1. The molecule has 0 aliphatic rings. The summed E-state index contributed by atoms with van der Waals surface area (Å²) in [5.41, 5.74) is 6.34. The molecule has 0 bridgehead atoms. The fourth-order valence-electron chi connectivity index (χ4n) is 1.11. The predicted molar refractivity (Wildman–Crippen MR) is 57.3 cm³/mol. The molecule has 3 nitrogen and oxygen atoms in total. The third kappa shape index (κ3) is 4.27. The maximum atomic E-state index is 12.5. The van der Waals surface area contributed by atoms with E-state index in [1.807, 2.05) is 0 Å². The van der Waals surface area contributed by atoms with Crippen molar-refractivity contribution in [2.45, 2.75) is 12.5 Å². The number of methoxy groups -OCH3 is 1. The number of halogens is 2. The molecular weight excluding hydrogens is 221 g/mol. The van der Waals surface area contributed by atoms with Gasteiger partial charge >= 0.3 is 5.97 Å². The van der Waals surface area contributed by atoms with Crippen LogP contribution >= 0.6 is 12.4 Å². The van der Waals surface area contributed by atoms with E-state index in [4.69, 9.17) is 5.73 Å². The lowest BCUT2D eigenvalue weighted by Crippen LogP contribution is -2.33. The molecule has 84 valence electrons. The molecule has 0 aliphatic carbocycles. The van der Waals surface area contributed by atoms with Gasteiger partial charge in [0.2, 0.25) is 0 Å². The molecule has 0 unspecified atom stereocenters. The van der Waals surface area contributed by atoms with Crippen LogP contribution in [-0.2, 0) is 16.0 Å². The van der Waals surface area contributed by atoms with Crippen molar-refractivity contribution in [3.05, 3.63) is 35.6 Å². The van der Waals surface area contributed by atoms with Gasteiger partial charge in [-0.1, -0.05) is 12.1 Å². The Labute approximate surface area is 93.8 Å². The third-order valence-electron chi connectivity index (χ3n) is 1.87. The van der Waals surface area contributed by atoms with Crippen LogP contribution in [0.25, 0.3) is 0 Å². The highest BCUT2D eigenvalue weighted by atomic mass is 35.5. The van der Waals surface area contributed by atoms with E-state index in [0.29, 0.717) is 6.42 Å². The second kappa shape index (κ2) is 6.37. The summed E-state index contributed by atoms with van der Waals surface area (Å²) in [6, 6.07) is 5.17. The van der Waals surface area contributed by atoms with Crippen molar-refractivity contribution in [2.24, 2.45) is 5.73 Å². The quantitative estimate of drug-likeness (QED) is 0.801. The molecule has 1 atom stereocenters. The van der Waals surface area contributed by atoms with E-state index in [2.05, 4.69) is 4.74 Å². The Balaban J connectivity index is 0.00000196. The number of carbonyl (C=O) groups excluding carboxylic acids is 1. The van der Waals surface area contributed by atoms with Crippen molar-refractivity contribution in [3.63, 3.8) is 0 Å². The number of carbonyl (C=O) groups is 1. The Bertz CT molecular complexity index is 316. The zero-order valence-electron chi connectivity index (χ0n) is 8.27. The van der Waals surface area contributed by atoms with Crippen LogP contribution in [-0.4, -0.2) is 19.1 Å². The van der Waals surface area contributed by atoms with Gasteiger partial charge in [-0.15, -0.1) is 12.4 Å². The van der Waals surface area contributed by atoms with Gasteiger partial charge in [-0.25, -0.2) is 4.39 Å². The van der Waals surface area contributed by atoms with Gasteiger partial charge in [-0.2, -0.15) is 0 Å². The molecule has 2 N–H and O–H groups in total. The Kier molecular flexibility index (Phi) is 5.89. The Morgan fingerprint density at radius 1 is 1.47 bits per heavy atom. The lowest BCUT2D eigenvalue weighted by Gasteiger charge is -2.08. The summed E-state index contributed by atoms with van der Waals surface area (Å²) in [5, 5.41) is 0. The summed E-state index contributed by atoms with van der Waals surface area (Å²) >= 11 is 0. The zero-order valence-corrected chi connectivity index (χ0v) is 9.09. The van der Waals surface area contributed by atoms with Gasteiger partial charge in [-0.05, 0) is 24.1 Å². The molecule has 1 aromatic carbocycles. The van der Waals surface area contributed by atoms with E-state index in [9.17, 15) is 9.18 Å². The highest BCUT2D eigenvalue weighted by molar-refractivity contribution is 5.85. The maximum Gasteiger partial charge on any atom is 0.322 e. The summed E-state index contributed by atoms with van der Waals surface area (Å²) in [4.78, 5) is 11.0. The molecule has 15 heavy (non-hydrogen) atoms. The largest absolute Gasteiger partial charge is 0.468 e. The number of hydrogen-bond acceptors (Lipinski definition) is 3. The van der Waals surface area contributed by atoms with E-state index in [-0.39, 0.29) is 18.2 Å². The number of hydrogen-bond donors (Lipinski definition) is 1. The van der Waals surface area contributed by atoms with Crippen molar-refractivity contribution in [3.8, 4) is 0 Å². The minimum Gasteiger partial charge on any atom is -0.468 e. The molecule has 0 aliphatic heterocycles. The number of nitrogens with two attached hydrogens (primary N) is 1. The first kappa shape index (κ1) is 13.9. The molecule has 0 radical (unpaired) electrons. The number of ether oxygens (including phenoxy) is 1. The molecule has 0 heterocycles. The SMILES string of the molecule is COC(=O)[C@@H](N)Cc1ccc(F)cc1.Cl. The monoisotopic (exact) mass is 233 g/mol. The standard InChI is InChI=1S/C10H12FNO2.ClH/c1-14-10(13)9(12)6-7-2-4-8(11)5-3-7;/h2-5,9H,6,12H2,1H3;1H/t9-;/m0./s1. The van der Waals surface area contributed by atoms with Gasteiger partial charge < -0.3 is 10.5 Å². The lowest BCUT2D eigenvalue weighted by atomic mass is 10.1. The summed E-state index contributed by atoms with van der Waals surface area (Å²) in [5.74, 6) is -0.769. The first-order chi connectivity index (χ1) is 6.63. The van der Waals surface area contributed by atoms with E-state index in [1.54, 1.807) is 12.1 Å². The highest BCUT2D eigenvalue weighted by Gasteiger charge is 2.13. The summed E-state index contributed by atoms with van der Waals surface area (Å²) in [6.07, 6.45) is 0.354. The fourth-order valence-corrected chi connectivity index (χ4v) is 1.11. The van der Waals surface area contributed by atoms with Gasteiger partial charge in [0.05, 0.1) is 7.11 Å². The van der Waals surface area contributed by atoms with Crippen LogP contribution in [0.5, 0.6) is 0 Å². The topological polar surface area (TPSA) is 52.3 Å². The van der Waals surface area contributed by atoms with E-state index >= 15 is 0 Å². The number of esters is 1. The summed E-state index contributed by atoms with van der Waals surface area (Å²) < 4.78 is 17.0. The molecular formula is C10H13ClFNO2. The number of rotatable bonds is 3. The molecule has 0 saturated heterocycles. The van der Waals surface area contributed by atoms with E-state index in [0.717, 1.165) is 5.56 Å². The van der Waals surface area contributed by atoms with Crippen LogP contribution < -0.4 is 5.73 Å². The highest BCUT2D eigenvalue weighted by Crippen LogP contribution is 2.05. The van der Waals surface area contributed by atoms with Crippen LogP contribution in [0.4, 0.5) is 4.39 Å². The summed E-state index contributed by atoms with van der Waals surface area (Å²) in [6.45, 7) is 0. The van der Waals surface area contributed by atoms with Crippen molar-refractivity contribution in [1.82, 2.24) is 0 Å². The van der Waals surface area contributed by atoms with Crippen molar-refractivity contribution >= 4 is 18.4 Å². The molecule has 0 saturated carbocycles. The van der Waals surface area contributed by atoms with Gasteiger partial charge in [0.15, 0.2) is 0 Å². The van der Waals surface area contributed by atoms with Crippen LogP contribution in [0.2, 0.25) is 0 Å². The lowest BCUT2D eigenvalue weighted by molar-refractivity contribution is -0.142. The van der Waals surface area contributed by atoms with Crippen molar-refractivity contribution in [1.29, 1.82) is 0 Å². The van der Waals surface area contributed by atoms with Crippen molar-refractivity contribution in [2.75, 3.05) is 7.11 Å². The minimum absolute atomic E-state index is 0. The van der Waals surface area contributed by atoms with Crippen molar-refractivity contribution < 1.29 is 13.9 Å². The normalized spacial score (nSPS) is 11.4. The van der Waals surface area contributed by atoms with Crippen LogP contribution in [0.1, 0.15) is 5.56 Å². The molecule has 1 aromatic rings. The molecule has 1 rings (SSSR count). The predicted octanol–water partition coefficient (Wildman–Crippen LogP) is 1.29. The molecule has 5 heteroatoms.